The van der Waals surface area contributed by atoms with E-state index in [2.05, 4.69) is 20.3 Å². The molecule has 8 nitrogen and oxygen atoms in total. The van der Waals surface area contributed by atoms with E-state index in [1.807, 2.05) is 4.90 Å². The molecule has 1 fully saturated rings. The van der Waals surface area contributed by atoms with E-state index in [9.17, 15) is 22.8 Å². The van der Waals surface area contributed by atoms with Crippen molar-refractivity contribution >= 4 is 34.2 Å². The number of pyridine rings is 1. The maximum atomic E-state index is 14.6. The largest absolute Gasteiger partial charge is 0.378 e. The zero-order valence-electron chi connectivity index (χ0n) is 18.7. The van der Waals surface area contributed by atoms with Gasteiger partial charge in [0.05, 0.1) is 36.7 Å². The van der Waals surface area contributed by atoms with E-state index in [0.717, 1.165) is 24.3 Å². The normalized spacial score (nSPS) is 13.6. The summed E-state index contributed by atoms with van der Waals surface area (Å²) >= 11 is 0. The van der Waals surface area contributed by atoms with Crippen molar-refractivity contribution in [3.8, 4) is 0 Å². The Bertz CT molecular complexity index is 1490. The van der Waals surface area contributed by atoms with Crippen molar-refractivity contribution in [3.05, 3.63) is 89.1 Å². The van der Waals surface area contributed by atoms with Gasteiger partial charge < -0.3 is 15.0 Å². The Morgan fingerprint density at radius 3 is 2.53 bits per heavy atom. The molecular formula is C25H18F3N5O3. The molecule has 1 aliphatic rings. The summed E-state index contributed by atoms with van der Waals surface area (Å²) in [5.74, 6) is -4.44. The van der Waals surface area contributed by atoms with E-state index in [-0.39, 0.29) is 16.9 Å². The van der Waals surface area contributed by atoms with E-state index in [4.69, 9.17) is 4.74 Å². The summed E-state index contributed by atoms with van der Waals surface area (Å²) in [7, 11) is 0. The van der Waals surface area contributed by atoms with Gasteiger partial charge in [0.2, 0.25) is 5.78 Å². The van der Waals surface area contributed by atoms with E-state index < -0.39 is 34.7 Å². The van der Waals surface area contributed by atoms with Crippen LogP contribution in [-0.4, -0.2) is 52.9 Å². The van der Waals surface area contributed by atoms with Crippen LogP contribution in [0.4, 0.5) is 24.7 Å². The minimum absolute atomic E-state index is 0.0292. The number of nitrogens with one attached hydrogen (secondary N) is 1. The smallest absolute Gasteiger partial charge is 0.255 e. The van der Waals surface area contributed by atoms with Crippen LogP contribution in [0, 0.1) is 17.5 Å². The molecule has 0 atom stereocenters. The van der Waals surface area contributed by atoms with Crippen molar-refractivity contribution in [1.29, 1.82) is 0 Å². The van der Waals surface area contributed by atoms with E-state index in [1.54, 1.807) is 6.20 Å². The van der Waals surface area contributed by atoms with Crippen LogP contribution >= 0.6 is 0 Å². The third-order valence-corrected chi connectivity index (χ3v) is 5.60. The number of benzene rings is 2. The summed E-state index contributed by atoms with van der Waals surface area (Å²) in [6, 6.07) is 7.93. The second-order valence-electron chi connectivity index (χ2n) is 8.00. The number of hydrogen-bond acceptors (Lipinski definition) is 7. The molecule has 0 saturated carbocycles. The Balaban J connectivity index is 1.45. The predicted molar refractivity (Wildman–Crippen MR) is 125 cm³/mol. The summed E-state index contributed by atoms with van der Waals surface area (Å²) in [5.41, 5.74) is -0.239. The van der Waals surface area contributed by atoms with Gasteiger partial charge in [0.25, 0.3) is 5.91 Å². The number of amides is 1. The number of rotatable bonds is 5. The molecule has 2 aromatic heterocycles. The molecule has 2 aromatic carbocycles. The fourth-order valence-electron chi connectivity index (χ4n) is 3.77. The number of carbonyl (C=O) groups excluding carboxylic acids is 2. The summed E-state index contributed by atoms with van der Waals surface area (Å²) in [6.07, 6.45) is 2.92. The molecular weight excluding hydrogens is 475 g/mol. The molecule has 3 heterocycles. The Labute approximate surface area is 202 Å². The number of carbonyl (C=O) groups is 2. The van der Waals surface area contributed by atoms with E-state index in [0.29, 0.717) is 43.2 Å². The highest BCUT2D eigenvalue weighted by atomic mass is 19.2. The highest BCUT2D eigenvalue weighted by Crippen LogP contribution is 2.23. The molecule has 1 aliphatic heterocycles. The number of anilines is 2. The van der Waals surface area contributed by atoms with Gasteiger partial charge in [-0.05, 0) is 30.3 Å². The van der Waals surface area contributed by atoms with E-state index >= 15 is 0 Å². The monoisotopic (exact) mass is 493 g/mol. The third-order valence-electron chi connectivity index (χ3n) is 5.60. The number of morpholine rings is 1. The van der Waals surface area contributed by atoms with Gasteiger partial charge in [-0.2, -0.15) is 0 Å². The summed E-state index contributed by atoms with van der Waals surface area (Å²) in [4.78, 5) is 40.4. The maximum Gasteiger partial charge on any atom is 0.255 e. The van der Waals surface area contributed by atoms with Gasteiger partial charge in [0.15, 0.2) is 11.6 Å². The molecule has 5 rings (SSSR count). The van der Waals surface area contributed by atoms with Crippen LogP contribution in [-0.2, 0) is 4.74 Å². The molecule has 0 radical (unpaired) electrons. The van der Waals surface area contributed by atoms with Crippen LogP contribution in [0.2, 0.25) is 0 Å². The van der Waals surface area contributed by atoms with Crippen LogP contribution in [0.1, 0.15) is 26.4 Å². The lowest BCUT2D eigenvalue weighted by Crippen LogP contribution is -2.36. The van der Waals surface area contributed by atoms with Crippen LogP contribution < -0.4 is 10.2 Å². The number of fused-ring (bicyclic) bond motifs is 1. The fourth-order valence-corrected chi connectivity index (χ4v) is 3.77. The van der Waals surface area contributed by atoms with Crippen LogP contribution in [0.5, 0.6) is 0 Å². The Kier molecular flexibility index (Phi) is 6.30. The van der Waals surface area contributed by atoms with Crippen LogP contribution in [0.15, 0.2) is 54.9 Å². The topological polar surface area (TPSA) is 97.3 Å². The first kappa shape index (κ1) is 23.4. The Hall–Kier alpha value is -4.38. The lowest BCUT2D eigenvalue weighted by molar-refractivity contribution is 0.101. The summed E-state index contributed by atoms with van der Waals surface area (Å²) < 4.78 is 47.7. The average molecular weight is 493 g/mol. The minimum atomic E-state index is -1.39. The van der Waals surface area contributed by atoms with Crippen LogP contribution in [0.25, 0.3) is 11.0 Å². The van der Waals surface area contributed by atoms with Crippen molar-refractivity contribution < 1.29 is 27.5 Å². The second kappa shape index (κ2) is 9.70. The van der Waals surface area contributed by atoms with Crippen molar-refractivity contribution in [2.75, 3.05) is 36.5 Å². The quantitative estimate of drug-likeness (QED) is 0.423. The highest BCUT2D eigenvalue weighted by molar-refractivity contribution is 6.10. The molecule has 0 spiro atoms. The van der Waals surface area contributed by atoms with Gasteiger partial charge >= 0.3 is 0 Å². The number of nitrogens with zero attached hydrogens (tertiary/aromatic N) is 4. The zero-order chi connectivity index (χ0) is 25.2. The van der Waals surface area contributed by atoms with Gasteiger partial charge in [-0.1, -0.05) is 6.07 Å². The molecule has 182 valence electrons. The van der Waals surface area contributed by atoms with Crippen molar-refractivity contribution in [2.45, 2.75) is 0 Å². The predicted octanol–water partition coefficient (Wildman–Crippen LogP) is 3.76. The van der Waals surface area contributed by atoms with Crippen LogP contribution in [0.3, 0.4) is 0 Å². The average Bonchev–Trinajstić information content (AvgIpc) is 2.90. The first-order valence-electron chi connectivity index (χ1n) is 11.0. The summed E-state index contributed by atoms with van der Waals surface area (Å²) in [5, 5.41) is 2.35. The number of ether oxygens (including phenoxy) is 1. The lowest BCUT2D eigenvalue weighted by Gasteiger charge is -2.27. The molecule has 1 N–H and O–H groups in total. The zero-order valence-corrected chi connectivity index (χ0v) is 18.7. The SMILES string of the molecule is O=C(Nc1cc(F)c(F)c(C(=O)c2cc3nc(N4CCOCC4)cnc3cn2)c1)c1cccc(F)c1. The molecule has 0 aliphatic carbocycles. The summed E-state index contributed by atoms with van der Waals surface area (Å²) in [6.45, 7) is 2.37. The van der Waals surface area contributed by atoms with Crippen molar-refractivity contribution in [1.82, 2.24) is 15.0 Å². The molecule has 1 amide bonds. The highest BCUT2D eigenvalue weighted by Gasteiger charge is 2.22. The van der Waals surface area contributed by atoms with Gasteiger partial charge in [-0.25, -0.2) is 23.1 Å². The van der Waals surface area contributed by atoms with Gasteiger partial charge in [-0.3, -0.25) is 14.6 Å². The molecule has 1 saturated heterocycles. The Morgan fingerprint density at radius 1 is 0.944 bits per heavy atom. The molecule has 0 bridgehead atoms. The molecule has 11 heteroatoms. The van der Waals surface area contributed by atoms with Crippen molar-refractivity contribution in [3.63, 3.8) is 0 Å². The fraction of sp³-hybridized carbons (Fsp3) is 0.160. The first-order chi connectivity index (χ1) is 17.4. The first-order valence-corrected chi connectivity index (χ1v) is 11.0. The molecule has 4 aromatic rings. The van der Waals surface area contributed by atoms with Gasteiger partial charge in [-0.15, -0.1) is 0 Å². The Morgan fingerprint density at radius 2 is 1.75 bits per heavy atom. The maximum absolute atomic E-state index is 14.6. The van der Waals surface area contributed by atoms with Gasteiger partial charge in [0.1, 0.15) is 22.8 Å². The second-order valence-corrected chi connectivity index (χ2v) is 8.00. The minimum Gasteiger partial charge on any atom is -0.378 e. The number of halogens is 3. The van der Waals surface area contributed by atoms with Gasteiger partial charge in [0, 0.05) is 30.4 Å². The van der Waals surface area contributed by atoms with E-state index in [1.165, 1.54) is 24.4 Å². The molecule has 36 heavy (non-hydrogen) atoms. The standard InChI is InChI=1S/C25H18F3N5O3/c26-15-3-1-2-14(8-15)25(35)31-16-9-17(23(28)18(27)10-16)24(34)20-11-19-21(12-29-20)30-13-22(32-19)33-4-6-36-7-5-33/h1-3,8-13H,4-7H2,(H,31,35). The number of aromatic nitrogens is 3. The molecule has 0 unspecified atom stereocenters. The lowest BCUT2D eigenvalue weighted by atomic mass is 10.0. The number of ketones is 1. The third kappa shape index (κ3) is 4.73. The number of hydrogen-bond donors (Lipinski definition) is 1. The van der Waals surface area contributed by atoms with Crippen molar-refractivity contribution in [2.24, 2.45) is 0 Å².